The summed E-state index contributed by atoms with van der Waals surface area (Å²) in [6.45, 7) is 0. The van der Waals surface area contributed by atoms with Crippen molar-refractivity contribution in [2.45, 2.75) is 0 Å². The summed E-state index contributed by atoms with van der Waals surface area (Å²) in [4.78, 5) is 18.1. The van der Waals surface area contributed by atoms with Crippen LogP contribution in [0.5, 0.6) is 0 Å². The fraction of sp³-hybridized carbons (Fsp3) is 0.500. The van der Waals surface area contributed by atoms with Crippen LogP contribution in [-0.4, -0.2) is 20.0 Å². The summed E-state index contributed by atoms with van der Waals surface area (Å²) in [6.07, 6.45) is 0. The Hall–Kier alpha value is -0.330. The van der Waals surface area contributed by atoms with Crippen molar-refractivity contribution in [3.05, 3.63) is 14.4 Å². The standard InChI is InChI=1S/C4H7IN2O2/c1-5(2)3-6-4(8)7-9-3/h1-2H3,(H,7,8). The van der Waals surface area contributed by atoms with Crippen LogP contribution in [0.15, 0.2) is 9.32 Å². The fourth-order valence-corrected chi connectivity index (χ4v) is 1.62. The molecule has 0 aliphatic carbocycles. The van der Waals surface area contributed by atoms with Crippen molar-refractivity contribution in [3.63, 3.8) is 0 Å². The summed E-state index contributed by atoms with van der Waals surface area (Å²) in [5, 5.41) is 2.15. The Morgan fingerprint density at radius 3 is 2.56 bits per heavy atom. The topological polar surface area (TPSA) is 58.9 Å². The van der Waals surface area contributed by atoms with Crippen molar-refractivity contribution in [2.75, 3.05) is 9.86 Å². The quantitative estimate of drug-likeness (QED) is 0.569. The Bertz CT molecular complexity index is 239. The fourth-order valence-electron chi connectivity index (χ4n) is 0.373. The summed E-state index contributed by atoms with van der Waals surface area (Å²) in [5.74, 6) is 0. The van der Waals surface area contributed by atoms with E-state index in [-0.39, 0.29) is 5.69 Å². The van der Waals surface area contributed by atoms with E-state index in [4.69, 9.17) is 4.52 Å². The van der Waals surface area contributed by atoms with Gasteiger partial charge in [0.15, 0.2) is 0 Å². The second-order valence-corrected chi connectivity index (χ2v) is 6.87. The molecule has 0 bridgehead atoms. The predicted octanol–water partition coefficient (Wildman–Crippen LogP) is 0.299. The summed E-state index contributed by atoms with van der Waals surface area (Å²) < 4.78 is 5.36. The zero-order chi connectivity index (χ0) is 6.85. The number of rotatable bonds is 1. The van der Waals surface area contributed by atoms with E-state index >= 15 is 0 Å². The van der Waals surface area contributed by atoms with Gasteiger partial charge in [0.1, 0.15) is 0 Å². The van der Waals surface area contributed by atoms with E-state index in [0.717, 1.165) is 0 Å². The second-order valence-electron chi connectivity index (χ2n) is 1.63. The molecule has 52 valence electrons. The molecular weight excluding hydrogens is 235 g/mol. The van der Waals surface area contributed by atoms with Crippen LogP contribution < -0.4 is 5.69 Å². The molecule has 9 heavy (non-hydrogen) atoms. The molecule has 0 aliphatic rings. The Morgan fingerprint density at radius 2 is 2.33 bits per heavy atom. The van der Waals surface area contributed by atoms with Crippen molar-refractivity contribution < 1.29 is 4.52 Å². The first-order valence-corrected chi connectivity index (χ1v) is 7.65. The van der Waals surface area contributed by atoms with Crippen LogP contribution in [0, 0.1) is 3.90 Å². The third kappa shape index (κ3) is 1.54. The normalized spacial score (nSPS) is 11.6. The summed E-state index contributed by atoms with van der Waals surface area (Å²) in [5.41, 5.74) is -0.379. The van der Waals surface area contributed by atoms with Gasteiger partial charge in [-0.3, -0.25) is 0 Å². The van der Waals surface area contributed by atoms with Gasteiger partial charge in [-0.15, -0.1) is 0 Å². The third-order valence-corrected chi connectivity index (χ3v) is 3.04. The van der Waals surface area contributed by atoms with Gasteiger partial charge < -0.3 is 0 Å². The average Bonchev–Trinajstić information content (AvgIpc) is 2.14. The van der Waals surface area contributed by atoms with Crippen molar-refractivity contribution in [3.8, 4) is 0 Å². The van der Waals surface area contributed by atoms with E-state index in [0.29, 0.717) is 3.90 Å². The van der Waals surface area contributed by atoms with Gasteiger partial charge >= 0.3 is 58.7 Å². The maximum atomic E-state index is 10.4. The van der Waals surface area contributed by atoms with E-state index in [2.05, 4.69) is 20.0 Å². The van der Waals surface area contributed by atoms with Crippen molar-refractivity contribution >= 4 is 19.8 Å². The van der Waals surface area contributed by atoms with Gasteiger partial charge in [-0.2, -0.15) is 0 Å². The molecule has 0 radical (unpaired) electrons. The van der Waals surface area contributed by atoms with Gasteiger partial charge in [-0.05, 0) is 0 Å². The van der Waals surface area contributed by atoms with Crippen molar-refractivity contribution in [2.24, 2.45) is 0 Å². The van der Waals surface area contributed by atoms with E-state index in [1.165, 1.54) is 0 Å². The van der Waals surface area contributed by atoms with Gasteiger partial charge in [0.25, 0.3) is 0 Å². The average molecular weight is 242 g/mol. The van der Waals surface area contributed by atoms with Crippen LogP contribution in [0.1, 0.15) is 0 Å². The Morgan fingerprint density at radius 1 is 1.67 bits per heavy atom. The van der Waals surface area contributed by atoms with Gasteiger partial charge in [-0.25, -0.2) is 0 Å². The molecule has 4 nitrogen and oxygen atoms in total. The molecule has 1 aromatic heterocycles. The zero-order valence-electron chi connectivity index (χ0n) is 5.14. The first-order chi connectivity index (χ1) is 4.20. The molecule has 0 unspecified atom stereocenters. The number of alkyl halides is 2. The molecule has 0 saturated carbocycles. The molecule has 0 atom stereocenters. The van der Waals surface area contributed by atoms with E-state index in [9.17, 15) is 4.79 Å². The van der Waals surface area contributed by atoms with Crippen LogP contribution in [0.25, 0.3) is 0 Å². The van der Waals surface area contributed by atoms with Gasteiger partial charge in [0, 0.05) is 0 Å². The number of hydrogen-bond donors (Lipinski definition) is 1. The summed E-state index contributed by atoms with van der Waals surface area (Å²) in [7, 11) is 0. The number of nitrogens with one attached hydrogen (secondary N) is 1. The number of halogens is 1. The van der Waals surface area contributed by atoms with E-state index < -0.39 is 19.8 Å². The SMILES string of the molecule is CI(C)c1nc(=O)[nH]o1. The van der Waals surface area contributed by atoms with Crippen molar-refractivity contribution in [1.29, 1.82) is 0 Å². The van der Waals surface area contributed by atoms with Crippen molar-refractivity contribution in [1.82, 2.24) is 10.1 Å². The molecule has 1 heterocycles. The van der Waals surface area contributed by atoms with Gasteiger partial charge in [-0.1, -0.05) is 0 Å². The molecule has 5 heteroatoms. The molecule has 0 aliphatic heterocycles. The predicted molar refractivity (Wildman–Crippen MR) is 41.7 cm³/mol. The molecule has 0 aromatic carbocycles. The molecule has 0 amide bonds. The summed E-state index contributed by atoms with van der Waals surface area (Å²) in [6, 6.07) is 0. The van der Waals surface area contributed by atoms with Crippen LogP contribution in [0.2, 0.25) is 0 Å². The number of aromatic nitrogens is 2. The summed E-state index contributed by atoms with van der Waals surface area (Å²) >= 11 is -1.17. The second kappa shape index (κ2) is 2.51. The molecule has 0 fully saturated rings. The molecule has 0 spiro atoms. The first kappa shape index (κ1) is 6.79. The number of H-pyrrole nitrogens is 1. The minimum absolute atomic E-state index is 0.379. The Balaban J connectivity index is 2.98. The Kier molecular flexibility index (Phi) is 1.89. The van der Waals surface area contributed by atoms with Crippen LogP contribution in [-0.2, 0) is 0 Å². The van der Waals surface area contributed by atoms with Crippen LogP contribution in [0.3, 0.4) is 0 Å². The number of nitrogens with zero attached hydrogens (tertiary/aromatic N) is 1. The third-order valence-electron chi connectivity index (χ3n) is 0.735. The monoisotopic (exact) mass is 242 g/mol. The number of aromatic amines is 1. The van der Waals surface area contributed by atoms with Crippen LogP contribution in [0.4, 0.5) is 0 Å². The zero-order valence-corrected chi connectivity index (χ0v) is 7.30. The Labute approximate surface area is 59.0 Å². The molecular formula is C4H7IN2O2. The molecule has 0 saturated heterocycles. The number of hydrogen-bond acceptors (Lipinski definition) is 3. The molecule has 1 aromatic rings. The van der Waals surface area contributed by atoms with Gasteiger partial charge in [0.2, 0.25) is 0 Å². The molecule has 1 rings (SSSR count). The minimum atomic E-state index is -1.17. The van der Waals surface area contributed by atoms with E-state index in [1.807, 2.05) is 0 Å². The van der Waals surface area contributed by atoms with E-state index in [1.54, 1.807) is 0 Å². The van der Waals surface area contributed by atoms with Crippen LogP contribution >= 0.6 is 19.8 Å². The van der Waals surface area contributed by atoms with Gasteiger partial charge in [0.05, 0.1) is 0 Å². The maximum absolute atomic E-state index is 10.4. The first-order valence-electron chi connectivity index (χ1n) is 2.25. The molecule has 1 N–H and O–H groups in total.